The molecule has 0 aliphatic heterocycles. The molecule has 3 heteroatoms. The van der Waals surface area contributed by atoms with Gasteiger partial charge >= 0.3 is 5.97 Å². The summed E-state index contributed by atoms with van der Waals surface area (Å²) in [5.74, 6) is -0.310. The molecule has 3 nitrogen and oxygen atoms in total. The number of hydrogen-bond donors (Lipinski definition) is 2. The standard InChI is InChI=1S/C10H20O.C4H8O2/c1-9(2)5-4-6-10(3)7-8-11;1-3(2)4(5)6/h5,10-11H,4,6-8H2,1-3H3;3H,1-2H3,(H,5,6). The first-order chi connectivity index (χ1) is 7.81. The molecule has 1 unspecified atom stereocenters. The van der Waals surface area contributed by atoms with Crippen molar-refractivity contribution in [3.8, 4) is 0 Å². The van der Waals surface area contributed by atoms with Gasteiger partial charge in [0.2, 0.25) is 0 Å². The first-order valence-corrected chi connectivity index (χ1v) is 6.28. The Morgan fingerprint density at radius 3 is 1.94 bits per heavy atom. The number of aliphatic hydroxyl groups is 1. The van der Waals surface area contributed by atoms with Gasteiger partial charge in [-0.25, -0.2) is 0 Å². The highest BCUT2D eigenvalue weighted by atomic mass is 16.4. The van der Waals surface area contributed by atoms with Gasteiger partial charge in [0.25, 0.3) is 0 Å². The molecule has 2 N–H and O–H groups in total. The molecule has 0 fully saturated rings. The van der Waals surface area contributed by atoms with Crippen LogP contribution in [0.4, 0.5) is 0 Å². The van der Waals surface area contributed by atoms with Gasteiger partial charge in [-0.2, -0.15) is 0 Å². The van der Waals surface area contributed by atoms with E-state index < -0.39 is 5.97 Å². The van der Waals surface area contributed by atoms with E-state index in [4.69, 9.17) is 10.2 Å². The molecule has 1 atom stereocenters. The first kappa shape index (κ1) is 18.5. The lowest BCUT2D eigenvalue weighted by Crippen LogP contribution is -2.03. The van der Waals surface area contributed by atoms with Gasteiger partial charge in [0, 0.05) is 6.61 Å². The van der Waals surface area contributed by atoms with E-state index in [9.17, 15) is 4.79 Å². The molecule has 0 aliphatic carbocycles. The van der Waals surface area contributed by atoms with Crippen molar-refractivity contribution in [3.05, 3.63) is 11.6 Å². The van der Waals surface area contributed by atoms with E-state index in [0.717, 1.165) is 12.8 Å². The minimum Gasteiger partial charge on any atom is -0.481 e. The molecule has 0 amide bonds. The topological polar surface area (TPSA) is 57.5 Å². The summed E-state index contributed by atoms with van der Waals surface area (Å²) in [5, 5.41) is 16.6. The fraction of sp³-hybridized carbons (Fsp3) is 0.786. The van der Waals surface area contributed by atoms with Crippen LogP contribution in [0.25, 0.3) is 0 Å². The average molecular weight is 244 g/mol. The number of rotatable bonds is 6. The van der Waals surface area contributed by atoms with Crippen LogP contribution < -0.4 is 0 Å². The van der Waals surface area contributed by atoms with Crippen molar-refractivity contribution < 1.29 is 15.0 Å². The summed E-state index contributed by atoms with van der Waals surface area (Å²) in [4.78, 5) is 9.70. The van der Waals surface area contributed by atoms with Gasteiger partial charge in [0.05, 0.1) is 5.92 Å². The SMILES string of the molecule is CC(C)=CCCC(C)CCO.CC(C)C(=O)O. The highest BCUT2D eigenvalue weighted by molar-refractivity contribution is 5.68. The maximum Gasteiger partial charge on any atom is 0.305 e. The van der Waals surface area contributed by atoms with Gasteiger partial charge in [-0.1, -0.05) is 32.4 Å². The second kappa shape index (κ2) is 11.6. The minimum atomic E-state index is -0.741. The summed E-state index contributed by atoms with van der Waals surface area (Å²) in [6.07, 6.45) is 5.56. The lowest BCUT2D eigenvalue weighted by Gasteiger charge is -2.06. The third-order valence-electron chi connectivity index (χ3n) is 2.33. The average Bonchev–Trinajstić information content (AvgIpc) is 2.18. The highest BCUT2D eigenvalue weighted by Crippen LogP contribution is 2.10. The van der Waals surface area contributed by atoms with E-state index in [1.807, 2.05) is 0 Å². The zero-order valence-electron chi connectivity index (χ0n) is 11.9. The predicted molar refractivity (Wildman–Crippen MR) is 72.0 cm³/mol. The lowest BCUT2D eigenvalue weighted by molar-refractivity contribution is -0.140. The van der Waals surface area contributed by atoms with Crippen molar-refractivity contribution in [1.29, 1.82) is 0 Å². The summed E-state index contributed by atoms with van der Waals surface area (Å²) < 4.78 is 0. The molecule has 102 valence electrons. The van der Waals surface area contributed by atoms with Crippen LogP contribution in [0.3, 0.4) is 0 Å². The van der Waals surface area contributed by atoms with E-state index >= 15 is 0 Å². The molecule has 0 aromatic rings. The van der Waals surface area contributed by atoms with Crippen LogP contribution in [0.1, 0.15) is 53.9 Å². The fourth-order valence-corrected chi connectivity index (χ4v) is 1.02. The molecule has 0 radical (unpaired) electrons. The van der Waals surface area contributed by atoms with Gasteiger partial charge in [0.1, 0.15) is 0 Å². The van der Waals surface area contributed by atoms with E-state index in [0.29, 0.717) is 12.5 Å². The van der Waals surface area contributed by atoms with Crippen molar-refractivity contribution in [2.75, 3.05) is 6.61 Å². The molecule has 0 aliphatic rings. The van der Waals surface area contributed by atoms with Gasteiger partial charge in [0.15, 0.2) is 0 Å². The van der Waals surface area contributed by atoms with Gasteiger partial charge < -0.3 is 10.2 Å². The second-order valence-corrected chi connectivity index (χ2v) is 4.97. The fourth-order valence-electron chi connectivity index (χ4n) is 1.02. The van der Waals surface area contributed by atoms with Gasteiger partial charge in [-0.05, 0) is 39.0 Å². The van der Waals surface area contributed by atoms with Crippen LogP contribution in [0.15, 0.2) is 11.6 Å². The number of aliphatic carboxylic acids is 1. The summed E-state index contributed by atoms with van der Waals surface area (Å²) in [6.45, 7) is 10.0. The monoisotopic (exact) mass is 244 g/mol. The Balaban J connectivity index is 0. The van der Waals surface area contributed by atoms with E-state index in [-0.39, 0.29) is 5.92 Å². The number of allylic oxidation sites excluding steroid dienone is 2. The van der Waals surface area contributed by atoms with Crippen LogP contribution in [-0.4, -0.2) is 22.8 Å². The van der Waals surface area contributed by atoms with E-state index in [1.54, 1.807) is 13.8 Å². The van der Waals surface area contributed by atoms with E-state index in [1.165, 1.54) is 12.0 Å². The van der Waals surface area contributed by atoms with Gasteiger partial charge in [-0.3, -0.25) is 4.79 Å². The molecule has 0 aromatic carbocycles. The quantitative estimate of drug-likeness (QED) is 0.703. The number of aliphatic hydroxyl groups excluding tert-OH is 1. The molecule has 0 spiro atoms. The molecular weight excluding hydrogens is 216 g/mol. The summed E-state index contributed by atoms with van der Waals surface area (Å²) in [7, 11) is 0. The Labute approximate surface area is 106 Å². The lowest BCUT2D eigenvalue weighted by atomic mass is 10.0. The number of carboxylic acids is 1. The molecule has 0 rings (SSSR count). The molecule has 0 bridgehead atoms. The highest BCUT2D eigenvalue weighted by Gasteiger charge is 1.99. The summed E-state index contributed by atoms with van der Waals surface area (Å²) in [6, 6.07) is 0. The number of hydrogen-bond acceptors (Lipinski definition) is 2. The summed E-state index contributed by atoms with van der Waals surface area (Å²) in [5.41, 5.74) is 1.39. The largest absolute Gasteiger partial charge is 0.481 e. The van der Waals surface area contributed by atoms with Crippen molar-refractivity contribution in [3.63, 3.8) is 0 Å². The Kier molecular flexibility index (Phi) is 12.7. The Bertz CT molecular complexity index is 216. The normalized spacial score (nSPS) is 11.5. The molecule has 0 saturated carbocycles. The number of carboxylic acid groups (broad SMARTS) is 1. The molecule has 0 saturated heterocycles. The van der Waals surface area contributed by atoms with Crippen LogP contribution in [-0.2, 0) is 4.79 Å². The third kappa shape index (κ3) is 17.8. The van der Waals surface area contributed by atoms with Crippen molar-refractivity contribution in [2.24, 2.45) is 11.8 Å². The Morgan fingerprint density at radius 1 is 1.18 bits per heavy atom. The van der Waals surface area contributed by atoms with Crippen LogP contribution >= 0.6 is 0 Å². The first-order valence-electron chi connectivity index (χ1n) is 6.28. The maximum absolute atomic E-state index is 9.70. The molecule has 0 heterocycles. The van der Waals surface area contributed by atoms with Crippen molar-refractivity contribution >= 4 is 5.97 Å². The van der Waals surface area contributed by atoms with Crippen LogP contribution in [0.5, 0.6) is 0 Å². The van der Waals surface area contributed by atoms with Gasteiger partial charge in [-0.15, -0.1) is 0 Å². The Hall–Kier alpha value is -0.830. The van der Waals surface area contributed by atoms with Crippen LogP contribution in [0.2, 0.25) is 0 Å². The second-order valence-electron chi connectivity index (χ2n) is 4.97. The molecular formula is C14H28O3. The maximum atomic E-state index is 9.70. The third-order valence-corrected chi connectivity index (χ3v) is 2.33. The molecule has 0 aromatic heterocycles. The molecule has 17 heavy (non-hydrogen) atoms. The van der Waals surface area contributed by atoms with E-state index in [2.05, 4.69) is 26.8 Å². The minimum absolute atomic E-state index is 0.231. The summed E-state index contributed by atoms with van der Waals surface area (Å²) >= 11 is 0. The van der Waals surface area contributed by atoms with Crippen molar-refractivity contribution in [1.82, 2.24) is 0 Å². The van der Waals surface area contributed by atoms with Crippen LogP contribution in [0, 0.1) is 11.8 Å². The van der Waals surface area contributed by atoms with Crippen molar-refractivity contribution in [2.45, 2.75) is 53.9 Å². The smallest absolute Gasteiger partial charge is 0.305 e. The zero-order valence-corrected chi connectivity index (χ0v) is 11.9. The zero-order chi connectivity index (χ0) is 13.8. The Morgan fingerprint density at radius 2 is 1.65 bits per heavy atom. The predicted octanol–water partition coefficient (Wildman–Crippen LogP) is 3.48. The number of carbonyl (C=O) groups is 1.